The van der Waals surface area contributed by atoms with Crippen molar-refractivity contribution in [2.75, 3.05) is 37.1 Å². The van der Waals surface area contributed by atoms with Crippen LogP contribution in [0.15, 0.2) is 73.8 Å². The van der Waals surface area contributed by atoms with E-state index in [1.807, 2.05) is 24.3 Å². The van der Waals surface area contributed by atoms with E-state index in [0.29, 0.717) is 36.8 Å². The monoisotopic (exact) mass is 803 g/mol. The van der Waals surface area contributed by atoms with Crippen LogP contribution in [0.3, 0.4) is 0 Å². The van der Waals surface area contributed by atoms with Crippen LogP contribution in [-0.2, 0) is 28.6 Å². The van der Waals surface area contributed by atoms with E-state index in [4.69, 9.17) is 18.9 Å². The van der Waals surface area contributed by atoms with Gasteiger partial charge >= 0.3 is 11.9 Å². The van der Waals surface area contributed by atoms with Crippen LogP contribution in [-0.4, -0.2) is 56.3 Å². The van der Waals surface area contributed by atoms with Crippen LogP contribution in [0.5, 0.6) is 5.75 Å². The van der Waals surface area contributed by atoms with E-state index in [1.165, 1.54) is 82.8 Å². The summed E-state index contributed by atoms with van der Waals surface area (Å²) in [6.07, 6.45) is 26.7. The van der Waals surface area contributed by atoms with Crippen LogP contribution in [0.1, 0.15) is 152 Å². The molecule has 0 heterocycles. The topological polar surface area (TPSA) is 129 Å². The Labute approximate surface area is 347 Å². The number of esters is 2. The number of hydrogen-bond donors (Lipinski definition) is 2. The van der Waals surface area contributed by atoms with Crippen LogP contribution < -0.4 is 15.4 Å². The largest absolute Gasteiger partial charge is 0.494 e. The summed E-state index contributed by atoms with van der Waals surface area (Å²) >= 11 is 0. The van der Waals surface area contributed by atoms with Gasteiger partial charge in [0, 0.05) is 41.6 Å². The Morgan fingerprint density at radius 2 is 0.931 bits per heavy atom. The highest BCUT2D eigenvalue weighted by molar-refractivity contribution is 6.04. The van der Waals surface area contributed by atoms with Crippen molar-refractivity contribution < 1.29 is 38.1 Å². The van der Waals surface area contributed by atoms with Gasteiger partial charge in [0.15, 0.2) is 0 Å². The first-order chi connectivity index (χ1) is 28.4. The molecule has 0 aromatic heterocycles. The molecule has 1 aliphatic carbocycles. The average molecular weight is 803 g/mol. The molecule has 2 aromatic rings. The molecule has 58 heavy (non-hydrogen) atoms. The molecule has 0 spiro atoms. The fourth-order valence-corrected chi connectivity index (χ4v) is 7.07. The maximum atomic E-state index is 13.0. The van der Waals surface area contributed by atoms with Crippen molar-refractivity contribution in [2.24, 2.45) is 5.92 Å². The molecule has 1 fully saturated rings. The standard InChI is InChI=1S/C48H70N2O8/c1-3-45(51)57-37-21-17-13-9-5-7-11-15-19-35-55-43-31-23-39(24-32-43)47(53)49-41-27-29-42(30-28-41)50-48(54)40-25-33-44(34-26-40)56-36-20-16-12-8-6-10-14-18-22-38-58-46(52)4-2/h3-4,23-24,27-32,40,44H,1-2,5-22,25-26,33-38H2,(H,49,53)(H,50,54). The summed E-state index contributed by atoms with van der Waals surface area (Å²) in [5, 5.41) is 5.98. The fraction of sp³-hybridized carbons (Fsp3) is 0.583. The van der Waals surface area contributed by atoms with Gasteiger partial charge in [-0.1, -0.05) is 103 Å². The highest BCUT2D eigenvalue weighted by Crippen LogP contribution is 2.28. The van der Waals surface area contributed by atoms with Crippen molar-refractivity contribution in [1.82, 2.24) is 0 Å². The van der Waals surface area contributed by atoms with E-state index < -0.39 is 0 Å². The van der Waals surface area contributed by atoms with Gasteiger partial charge in [-0.3, -0.25) is 9.59 Å². The number of carbonyl (C=O) groups is 4. The lowest BCUT2D eigenvalue weighted by Gasteiger charge is -2.28. The van der Waals surface area contributed by atoms with E-state index in [2.05, 4.69) is 23.8 Å². The minimum atomic E-state index is -0.347. The van der Waals surface area contributed by atoms with Gasteiger partial charge in [-0.05, 0) is 99.9 Å². The molecule has 1 saturated carbocycles. The van der Waals surface area contributed by atoms with Crippen LogP contribution in [0.25, 0.3) is 0 Å². The molecule has 0 unspecified atom stereocenters. The fourth-order valence-electron chi connectivity index (χ4n) is 7.07. The summed E-state index contributed by atoms with van der Waals surface area (Å²) in [6, 6.07) is 14.4. The van der Waals surface area contributed by atoms with Crippen molar-refractivity contribution in [1.29, 1.82) is 0 Å². The third-order valence-electron chi connectivity index (χ3n) is 10.6. The van der Waals surface area contributed by atoms with Gasteiger partial charge in [-0.25, -0.2) is 9.59 Å². The van der Waals surface area contributed by atoms with Crippen LogP contribution in [0.2, 0.25) is 0 Å². The van der Waals surface area contributed by atoms with Gasteiger partial charge in [0.2, 0.25) is 5.91 Å². The predicted molar refractivity (Wildman–Crippen MR) is 232 cm³/mol. The van der Waals surface area contributed by atoms with E-state index in [-0.39, 0.29) is 35.8 Å². The second-order valence-corrected chi connectivity index (χ2v) is 15.3. The number of benzene rings is 2. The van der Waals surface area contributed by atoms with Crippen LogP contribution in [0, 0.1) is 5.92 Å². The van der Waals surface area contributed by atoms with Gasteiger partial charge in [0.1, 0.15) is 5.75 Å². The molecule has 2 amide bonds. The maximum Gasteiger partial charge on any atom is 0.330 e. The first-order valence-electron chi connectivity index (χ1n) is 22.0. The van der Waals surface area contributed by atoms with Crippen molar-refractivity contribution in [3.63, 3.8) is 0 Å². The molecule has 1 aliphatic rings. The lowest BCUT2D eigenvalue weighted by atomic mass is 9.86. The number of unbranched alkanes of at least 4 members (excludes halogenated alkanes) is 16. The molecule has 10 heteroatoms. The second kappa shape index (κ2) is 30.6. The van der Waals surface area contributed by atoms with Gasteiger partial charge in [-0.15, -0.1) is 0 Å². The zero-order valence-electron chi connectivity index (χ0n) is 35.0. The summed E-state index contributed by atoms with van der Waals surface area (Å²) in [6.45, 7) is 9.20. The molecule has 2 aromatic carbocycles. The van der Waals surface area contributed by atoms with E-state index in [1.54, 1.807) is 24.3 Å². The molecule has 0 bridgehead atoms. The Hall–Kier alpha value is -4.44. The average Bonchev–Trinajstić information content (AvgIpc) is 3.24. The van der Waals surface area contributed by atoms with Gasteiger partial charge in [0.05, 0.1) is 25.9 Å². The SMILES string of the molecule is C=CC(=O)OCCCCCCCCCCCOc1ccc(C(=O)Nc2ccc(NC(=O)C3CCC(OCCCCCCCCCCCOC(=O)C=C)CC3)cc2)cc1. The third kappa shape index (κ3) is 21.9. The molecule has 2 N–H and O–H groups in total. The number of ether oxygens (including phenoxy) is 4. The number of nitrogens with one attached hydrogen (secondary N) is 2. The van der Waals surface area contributed by atoms with Crippen LogP contribution in [0.4, 0.5) is 11.4 Å². The maximum absolute atomic E-state index is 13.0. The molecule has 10 nitrogen and oxygen atoms in total. The minimum absolute atomic E-state index is 0.0190. The summed E-state index contributed by atoms with van der Waals surface area (Å²) in [5.41, 5.74) is 1.92. The second-order valence-electron chi connectivity index (χ2n) is 15.3. The number of rotatable bonds is 32. The number of amides is 2. The number of hydrogen-bond acceptors (Lipinski definition) is 8. The van der Waals surface area contributed by atoms with Gasteiger partial charge < -0.3 is 29.6 Å². The first kappa shape index (κ1) is 47.9. The Balaban J connectivity index is 1.17. The van der Waals surface area contributed by atoms with Gasteiger partial charge in [0.25, 0.3) is 5.91 Å². The molecular formula is C48H70N2O8. The zero-order valence-corrected chi connectivity index (χ0v) is 35.0. The minimum Gasteiger partial charge on any atom is -0.494 e. The van der Waals surface area contributed by atoms with Gasteiger partial charge in [-0.2, -0.15) is 0 Å². The van der Waals surface area contributed by atoms with Crippen molar-refractivity contribution >= 4 is 35.1 Å². The molecule has 0 aliphatic heterocycles. The van der Waals surface area contributed by atoms with E-state index >= 15 is 0 Å². The summed E-state index contributed by atoms with van der Waals surface area (Å²) in [4.78, 5) is 47.9. The normalized spacial score (nSPS) is 14.9. The third-order valence-corrected chi connectivity index (χ3v) is 10.6. The summed E-state index contributed by atoms with van der Waals surface area (Å²) in [5.74, 6) is -0.120. The molecule has 0 saturated heterocycles. The number of anilines is 2. The van der Waals surface area contributed by atoms with E-state index in [0.717, 1.165) is 83.0 Å². The highest BCUT2D eigenvalue weighted by Gasteiger charge is 2.26. The zero-order chi connectivity index (χ0) is 41.5. The lowest BCUT2D eigenvalue weighted by Crippen LogP contribution is -2.30. The van der Waals surface area contributed by atoms with Crippen molar-refractivity contribution in [3.8, 4) is 5.75 Å². The van der Waals surface area contributed by atoms with Crippen molar-refractivity contribution in [2.45, 2.75) is 147 Å². The smallest absolute Gasteiger partial charge is 0.330 e. The summed E-state index contributed by atoms with van der Waals surface area (Å²) in [7, 11) is 0. The molecule has 3 rings (SSSR count). The first-order valence-corrected chi connectivity index (χ1v) is 22.0. The Morgan fingerprint density at radius 1 is 0.517 bits per heavy atom. The quantitative estimate of drug-likeness (QED) is 0.0425. The van der Waals surface area contributed by atoms with E-state index in [9.17, 15) is 19.2 Å². The Kier molecular flexibility index (Phi) is 25.3. The highest BCUT2D eigenvalue weighted by atomic mass is 16.5. The Bertz CT molecular complexity index is 1470. The number of carbonyl (C=O) groups excluding carboxylic acids is 4. The van der Waals surface area contributed by atoms with Crippen LogP contribution >= 0.6 is 0 Å². The summed E-state index contributed by atoms with van der Waals surface area (Å²) < 4.78 is 22.0. The van der Waals surface area contributed by atoms with Crippen molar-refractivity contribution in [3.05, 3.63) is 79.4 Å². The lowest BCUT2D eigenvalue weighted by molar-refractivity contribution is -0.138. The Morgan fingerprint density at radius 3 is 1.40 bits per heavy atom. The molecule has 320 valence electrons. The molecule has 0 atom stereocenters. The predicted octanol–water partition coefficient (Wildman–Crippen LogP) is 11.3. The molecule has 0 radical (unpaired) electrons. The molecular weight excluding hydrogens is 733 g/mol.